The number of hydrogen-bond acceptors (Lipinski definition) is 7. The van der Waals surface area contributed by atoms with Crippen LogP contribution >= 0.6 is 0 Å². The number of carboxylic acids is 1. The predicted molar refractivity (Wildman–Crippen MR) is 63.5 cm³/mol. The van der Waals surface area contributed by atoms with E-state index in [2.05, 4.69) is 5.32 Å². The van der Waals surface area contributed by atoms with Crippen LogP contribution in [0.25, 0.3) is 0 Å². The van der Waals surface area contributed by atoms with Gasteiger partial charge in [-0.05, 0) is 6.92 Å². The number of hydrogen-bond donors (Lipinski definition) is 5. The van der Waals surface area contributed by atoms with Crippen LogP contribution in [0.5, 0.6) is 0 Å². The van der Waals surface area contributed by atoms with Gasteiger partial charge in [0.25, 0.3) is 0 Å². The monoisotopic (exact) mass is 293 g/mol. The zero-order valence-corrected chi connectivity index (χ0v) is 11.1. The molecule has 1 saturated heterocycles. The number of aliphatic carboxylic acids is 1. The molecule has 0 radical (unpaired) electrons. The summed E-state index contributed by atoms with van der Waals surface area (Å²) in [5, 5.41) is 40.0. The van der Waals surface area contributed by atoms with Gasteiger partial charge in [0.1, 0.15) is 24.4 Å². The molecule has 6 atom stereocenters. The van der Waals surface area contributed by atoms with E-state index in [9.17, 15) is 19.8 Å². The van der Waals surface area contributed by atoms with E-state index in [0.29, 0.717) is 0 Å². The van der Waals surface area contributed by atoms with E-state index in [1.165, 1.54) is 13.8 Å². The molecule has 1 fully saturated rings. The molecular formula is C11H19NO8. The van der Waals surface area contributed by atoms with Crippen molar-refractivity contribution in [2.45, 2.75) is 50.6 Å². The zero-order valence-electron chi connectivity index (χ0n) is 11.1. The molecule has 116 valence electrons. The highest BCUT2D eigenvalue weighted by Gasteiger charge is 2.46. The van der Waals surface area contributed by atoms with Gasteiger partial charge in [-0.25, -0.2) is 4.79 Å². The van der Waals surface area contributed by atoms with Crippen molar-refractivity contribution in [3.63, 3.8) is 0 Å². The lowest BCUT2D eigenvalue weighted by atomic mass is 9.96. The third-order valence-corrected chi connectivity index (χ3v) is 2.95. The van der Waals surface area contributed by atoms with Crippen LogP contribution in [0, 0.1) is 0 Å². The normalized spacial score (nSPS) is 35.4. The van der Waals surface area contributed by atoms with Crippen LogP contribution in [0.2, 0.25) is 0 Å². The topological polar surface area (TPSA) is 146 Å². The first-order valence-corrected chi connectivity index (χ1v) is 6.05. The number of aliphatic hydroxyl groups excluding tert-OH is 3. The molecule has 20 heavy (non-hydrogen) atoms. The number of carbonyl (C=O) groups excluding carboxylic acids is 1. The minimum absolute atomic E-state index is 0.510. The first-order valence-electron chi connectivity index (χ1n) is 6.05. The van der Waals surface area contributed by atoms with Crippen LogP contribution in [-0.4, -0.2) is 75.7 Å². The summed E-state index contributed by atoms with van der Waals surface area (Å²) in [6.07, 6.45) is -6.57. The first kappa shape index (κ1) is 16.8. The number of carbonyl (C=O) groups is 2. The molecule has 0 aromatic rings. The Morgan fingerprint density at radius 2 is 2.00 bits per heavy atom. The fourth-order valence-corrected chi connectivity index (χ4v) is 1.93. The molecule has 0 spiro atoms. The standard InChI is InChI=1S/C11H19NO8/c1-4(10(16)17)19-9-7(12-5(2)14)11(18)20-6(3-13)8(9)15/h4,6-9,11,13,15,18H,3H2,1-2H3,(H,12,14)(H,16,17). The van der Waals surface area contributed by atoms with E-state index in [-0.39, 0.29) is 0 Å². The number of aliphatic hydroxyl groups is 3. The van der Waals surface area contributed by atoms with Crippen molar-refractivity contribution in [2.75, 3.05) is 6.61 Å². The molecule has 9 heteroatoms. The molecule has 0 aromatic carbocycles. The fourth-order valence-electron chi connectivity index (χ4n) is 1.93. The summed E-state index contributed by atoms with van der Waals surface area (Å²) in [6, 6.07) is -1.15. The molecule has 0 bridgehead atoms. The molecule has 5 N–H and O–H groups in total. The molecule has 1 amide bonds. The number of carboxylic acid groups (broad SMARTS) is 1. The van der Waals surface area contributed by atoms with E-state index in [4.69, 9.17) is 19.7 Å². The molecule has 0 saturated carbocycles. The van der Waals surface area contributed by atoms with Gasteiger partial charge in [0, 0.05) is 6.92 Å². The molecule has 0 aliphatic carbocycles. The number of rotatable bonds is 5. The van der Waals surface area contributed by atoms with E-state index in [0.717, 1.165) is 0 Å². The average molecular weight is 293 g/mol. The molecule has 1 aliphatic rings. The van der Waals surface area contributed by atoms with E-state index < -0.39 is 55.2 Å². The highest BCUT2D eigenvalue weighted by molar-refractivity contribution is 5.73. The number of amides is 1. The quantitative estimate of drug-likeness (QED) is 0.371. The zero-order chi connectivity index (χ0) is 15.4. The van der Waals surface area contributed by atoms with Crippen molar-refractivity contribution < 1.29 is 39.5 Å². The Labute approximate surface area is 115 Å². The molecular weight excluding hydrogens is 274 g/mol. The van der Waals surface area contributed by atoms with Gasteiger partial charge in [0.05, 0.1) is 6.61 Å². The minimum Gasteiger partial charge on any atom is -0.479 e. The van der Waals surface area contributed by atoms with Crippen molar-refractivity contribution >= 4 is 11.9 Å². The minimum atomic E-state index is -1.54. The third kappa shape index (κ3) is 3.87. The van der Waals surface area contributed by atoms with Crippen LogP contribution in [0.1, 0.15) is 13.8 Å². The molecule has 0 aromatic heterocycles. The Hall–Kier alpha value is -1.26. The number of nitrogens with one attached hydrogen (secondary N) is 1. The second-order valence-corrected chi connectivity index (χ2v) is 4.55. The van der Waals surface area contributed by atoms with Crippen molar-refractivity contribution in [1.82, 2.24) is 5.32 Å². The van der Waals surface area contributed by atoms with Gasteiger partial charge in [-0.3, -0.25) is 4.79 Å². The molecule has 1 aliphatic heterocycles. The van der Waals surface area contributed by atoms with Gasteiger partial charge < -0.3 is 35.2 Å². The van der Waals surface area contributed by atoms with Crippen molar-refractivity contribution in [1.29, 1.82) is 0 Å². The van der Waals surface area contributed by atoms with Crippen LogP contribution in [0.15, 0.2) is 0 Å². The first-order chi connectivity index (χ1) is 9.27. The van der Waals surface area contributed by atoms with Crippen molar-refractivity contribution in [3.8, 4) is 0 Å². The Kier molecular flexibility index (Phi) is 5.84. The van der Waals surface area contributed by atoms with Crippen LogP contribution in [-0.2, 0) is 19.1 Å². The summed E-state index contributed by atoms with van der Waals surface area (Å²) in [4.78, 5) is 21.9. The van der Waals surface area contributed by atoms with Gasteiger partial charge in [-0.15, -0.1) is 0 Å². The average Bonchev–Trinajstić information content (AvgIpc) is 2.36. The van der Waals surface area contributed by atoms with E-state index in [1.807, 2.05) is 0 Å². The molecule has 9 nitrogen and oxygen atoms in total. The lowest BCUT2D eigenvalue weighted by Gasteiger charge is -2.42. The molecule has 6 unspecified atom stereocenters. The summed E-state index contributed by atoms with van der Waals surface area (Å²) in [7, 11) is 0. The maximum Gasteiger partial charge on any atom is 0.332 e. The summed E-state index contributed by atoms with van der Waals surface area (Å²) >= 11 is 0. The predicted octanol–water partition coefficient (Wildman–Crippen LogP) is -2.58. The highest BCUT2D eigenvalue weighted by atomic mass is 16.6. The number of ether oxygens (including phenoxy) is 2. The van der Waals surface area contributed by atoms with Gasteiger partial charge in [0.2, 0.25) is 5.91 Å². The molecule has 1 rings (SSSR count). The maximum atomic E-state index is 11.1. The van der Waals surface area contributed by atoms with Gasteiger partial charge in [0.15, 0.2) is 12.4 Å². The van der Waals surface area contributed by atoms with E-state index in [1.54, 1.807) is 0 Å². The second-order valence-electron chi connectivity index (χ2n) is 4.55. The summed E-state index contributed by atoms with van der Waals surface area (Å²) in [5.41, 5.74) is 0. The van der Waals surface area contributed by atoms with Crippen molar-refractivity contribution in [2.24, 2.45) is 0 Å². The van der Waals surface area contributed by atoms with Crippen LogP contribution in [0.3, 0.4) is 0 Å². The highest BCUT2D eigenvalue weighted by Crippen LogP contribution is 2.23. The Balaban J connectivity index is 2.92. The largest absolute Gasteiger partial charge is 0.479 e. The fraction of sp³-hybridized carbons (Fsp3) is 0.818. The SMILES string of the molecule is CC(=O)NC1C(O)OC(CO)C(O)C1OC(C)C(=O)O. The Morgan fingerprint density at radius 3 is 2.45 bits per heavy atom. The second kappa shape index (κ2) is 6.95. The smallest absolute Gasteiger partial charge is 0.332 e. The van der Waals surface area contributed by atoms with Crippen LogP contribution in [0.4, 0.5) is 0 Å². The summed E-state index contributed by atoms with van der Waals surface area (Å²) in [5.74, 6) is -1.77. The van der Waals surface area contributed by atoms with Crippen LogP contribution < -0.4 is 5.32 Å². The summed E-state index contributed by atoms with van der Waals surface area (Å²) < 4.78 is 10.1. The summed E-state index contributed by atoms with van der Waals surface area (Å²) in [6.45, 7) is 1.84. The van der Waals surface area contributed by atoms with Crippen molar-refractivity contribution in [3.05, 3.63) is 0 Å². The Bertz CT molecular complexity index is 362. The van der Waals surface area contributed by atoms with Gasteiger partial charge in [-0.2, -0.15) is 0 Å². The maximum absolute atomic E-state index is 11.1. The molecule has 1 heterocycles. The van der Waals surface area contributed by atoms with Gasteiger partial charge in [-0.1, -0.05) is 0 Å². The lowest BCUT2D eigenvalue weighted by Crippen LogP contribution is -2.65. The Morgan fingerprint density at radius 1 is 1.40 bits per heavy atom. The van der Waals surface area contributed by atoms with E-state index >= 15 is 0 Å². The van der Waals surface area contributed by atoms with Gasteiger partial charge >= 0.3 is 5.97 Å². The lowest BCUT2D eigenvalue weighted by molar-refractivity contribution is -0.267. The third-order valence-electron chi connectivity index (χ3n) is 2.95.